The molecule has 0 bridgehead atoms. The molecule has 1 saturated carbocycles. The van der Waals surface area contributed by atoms with E-state index >= 15 is 0 Å². The first-order valence-corrected chi connectivity index (χ1v) is 5.85. The second-order valence-electron chi connectivity index (χ2n) is 4.45. The quantitative estimate of drug-likeness (QED) is 0.846. The van der Waals surface area contributed by atoms with E-state index in [0.29, 0.717) is 5.88 Å². The minimum Gasteiger partial charge on any atom is -0.481 e. The van der Waals surface area contributed by atoms with Crippen molar-refractivity contribution >= 4 is 5.82 Å². The molecule has 1 aliphatic carbocycles. The maximum atomic E-state index is 5.55. The van der Waals surface area contributed by atoms with Gasteiger partial charge in [0.05, 0.1) is 18.3 Å². The molecule has 2 rings (SSSR count). The largest absolute Gasteiger partial charge is 0.481 e. The van der Waals surface area contributed by atoms with E-state index < -0.39 is 0 Å². The number of ether oxygens (including phenoxy) is 2. The lowest BCUT2D eigenvalue weighted by Gasteiger charge is -2.40. The molecule has 0 unspecified atom stereocenters. The summed E-state index contributed by atoms with van der Waals surface area (Å²) < 4.78 is 10.7. The Balaban J connectivity index is 2.04. The zero-order valence-electron chi connectivity index (χ0n) is 10.6. The zero-order valence-corrected chi connectivity index (χ0v) is 10.6. The maximum Gasteiger partial charge on any atom is 0.221 e. The van der Waals surface area contributed by atoms with E-state index in [-0.39, 0.29) is 5.60 Å². The first-order chi connectivity index (χ1) is 8.21. The van der Waals surface area contributed by atoms with Crippen LogP contribution >= 0.6 is 0 Å². The van der Waals surface area contributed by atoms with Crippen LogP contribution in [0.5, 0.6) is 5.88 Å². The number of hydrogen-bond acceptors (Lipinski definition) is 5. The molecular formula is C12H19N3O2. The molecular weight excluding hydrogens is 218 g/mol. The van der Waals surface area contributed by atoms with Gasteiger partial charge in [-0.25, -0.2) is 9.97 Å². The van der Waals surface area contributed by atoms with E-state index in [4.69, 9.17) is 9.47 Å². The van der Waals surface area contributed by atoms with Crippen LogP contribution in [0.2, 0.25) is 0 Å². The Kier molecular flexibility index (Phi) is 3.47. The normalized spacial score (nSPS) is 17.4. The van der Waals surface area contributed by atoms with Gasteiger partial charge in [-0.3, -0.25) is 0 Å². The molecule has 0 atom stereocenters. The highest BCUT2D eigenvalue weighted by Crippen LogP contribution is 2.35. The van der Waals surface area contributed by atoms with E-state index in [1.54, 1.807) is 14.2 Å². The molecule has 5 nitrogen and oxygen atoms in total. The van der Waals surface area contributed by atoms with Crippen LogP contribution in [0.1, 0.15) is 24.8 Å². The molecule has 1 aromatic heterocycles. The van der Waals surface area contributed by atoms with E-state index in [9.17, 15) is 0 Å². The lowest BCUT2D eigenvalue weighted by Crippen LogP contribution is -2.45. The highest BCUT2D eigenvalue weighted by Gasteiger charge is 2.36. The van der Waals surface area contributed by atoms with Crippen molar-refractivity contribution in [3.63, 3.8) is 0 Å². The lowest BCUT2D eigenvalue weighted by atomic mass is 9.80. The Bertz CT molecular complexity index is 386. The molecule has 0 aliphatic heterocycles. The van der Waals surface area contributed by atoms with Crippen LogP contribution in [0.3, 0.4) is 0 Å². The minimum atomic E-state index is -0.00930. The fourth-order valence-corrected chi connectivity index (χ4v) is 2.09. The van der Waals surface area contributed by atoms with Crippen LogP contribution in [0.25, 0.3) is 0 Å². The molecule has 0 aromatic carbocycles. The summed E-state index contributed by atoms with van der Waals surface area (Å²) in [6.45, 7) is 2.73. The fraction of sp³-hybridized carbons (Fsp3) is 0.667. The van der Waals surface area contributed by atoms with Gasteiger partial charge < -0.3 is 14.8 Å². The summed E-state index contributed by atoms with van der Waals surface area (Å²) >= 11 is 0. The van der Waals surface area contributed by atoms with E-state index in [0.717, 1.165) is 30.8 Å². The van der Waals surface area contributed by atoms with Crippen molar-refractivity contribution in [3.8, 4) is 5.88 Å². The van der Waals surface area contributed by atoms with Gasteiger partial charge in [-0.1, -0.05) is 0 Å². The standard InChI is InChI=1S/C12H19N3O2/c1-9-10(14-8-15-11(9)16-2)13-7-12(17-3)5-4-6-12/h8H,4-7H2,1-3H3,(H,13,14,15). The average Bonchev–Trinajstić information content (AvgIpc) is 2.30. The third-order valence-electron chi connectivity index (χ3n) is 3.51. The predicted molar refractivity (Wildman–Crippen MR) is 65.4 cm³/mol. The highest BCUT2D eigenvalue weighted by molar-refractivity contribution is 5.47. The van der Waals surface area contributed by atoms with Gasteiger partial charge in [-0.2, -0.15) is 0 Å². The van der Waals surface area contributed by atoms with E-state index in [2.05, 4.69) is 15.3 Å². The second kappa shape index (κ2) is 4.87. The predicted octanol–water partition coefficient (Wildman–Crippen LogP) is 1.77. The van der Waals surface area contributed by atoms with Crippen LogP contribution in [-0.4, -0.2) is 36.3 Å². The zero-order chi connectivity index (χ0) is 12.3. The second-order valence-corrected chi connectivity index (χ2v) is 4.45. The average molecular weight is 237 g/mol. The summed E-state index contributed by atoms with van der Waals surface area (Å²) in [6, 6.07) is 0. The Morgan fingerprint density at radius 3 is 2.65 bits per heavy atom. The van der Waals surface area contributed by atoms with Crippen molar-refractivity contribution in [1.29, 1.82) is 0 Å². The van der Waals surface area contributed by atoms with Crippen molar-refractivity contribution in [2.45, 2.75) is 31.8 Å². The molecule has 0 saturated heterocycles. The van der Waals surface area contributed by atoms with Gasteiger partial charge in [0, 0.05) is 13.7 Å². The number of rotatable bonds is 5. The number of methoxy groups -OCH3 is 2. The molecule has 0 amide bonds. The smallest absolute Gasteiger partial charge is 0.221 e. The minimum absolute atomic E-state index is 0.00930. The number of anilines is 1. The Morgan fingerprint density at radius 1 is 1.35 bits per heavy atom. The molecule has 17 heavy (non-hydrogen) atoms. The molecule has 1 N–H and O–H groups in total. The molecule has 1 aromatic rings. The molecule has 1 fully saturated rings. The summed E-state index contributed by atoms with van der Waals surface area (Å²) in [6.07, 6.45) is 4.96. The van der Waals surface area contributed by atoms with Gasteiger partial charge in [0.1, 0.15) is 12.1 Å². The van der Waals surface area contributed by atoms with Crippen LogP contribution < -0.4 is 10.1 Å². The van der Waals surface area contributed by atoms with Crippen molar-refractivity contribution in [2.24, 2.45) is 0 Å². The number of nitrogens with one attached hydrogen (secondary N) is 1. The van der Waals surface area contributed by atoms with Crippen LogP contribution in [-0.2, 0) is 4.74 Å². The maximum absolute atomic E-state index is 5.55. The van der Waals surface area contributed by atoms with Gasteiger partial charge in [0.15, 0.2) is 0 Å². The summed E-state index contributed by atoms with van der Waals surface area (Å²) in [7, 11) is 3.38. The number of hydrogen-bond donors (Lipinski definition) is 1. The Labute approximate surface area is 102 Å². The first kappa shape index (κ1) is 12.1. The number of aromatic nitrogens is 2. The summed E-state index contributed by atoms with van der Waals surface area (Å²) in [5.41, 5.74) is 0.922. The summed E-state index contributed by atoms with van der Waals surface area (Å²) in [4.78, 5) is 8.28. The molecule has 1 heterocycles. The van der Waals surface area contributed by atoms with Crippen molar-refractivity contribution in [2.75, 3.05) is 26.1 Å². The van der Waals surface area contributed by atoms with Crippen molar-refractivity contribution in [1.82, 2.24) is 9.97 Å². The van der Waals surface area contributed by atoms with E-state index in [1.807, 2.05) is 6.92 Å². The lowest BCUT2D eigenvalue weighted by molar-refractivity contribution is -0.0601. The molecule has 5 heteroatoms. The first-order valence-electron chi connectivity index (χ1n) is 5.85. The highest BCUT2D eigenvalue weighted by atomic mass is 16.5. The number of nitrogens with zero attached hydrogens (tertiary/aromatic N) is 2. The van der Waals surface area contributed by atoms with Crippen molar-refractivity contribution in [3.05, 3.63) is 11.9 Å². The monoisotopic (exact) mass is 237 g/mol. The van der Waals surface area contributed by atoms with Crippen molar-refractivity contribution < 1.29 is 9.47 Å². The molecule has 94 valence electrons. The molecule has 0 radical (unpaired) electrons. The molecule has 1 aliphatic rings. The van der Waals surface area contributed by atoms with Crippen LogP contribution in [0.4, 0.5) is 5.82 Å². The summed E-state index contributed by atoms with van der Waals surface area (Å²) in [5, 5.41) is 3.33. The third-order valence-corrected chi connectivity index (χ3v) is 3.51. The third kappa shape index (κ3) is 2.34. The Morgan fingerprint density at radius 2 is 2.12 bits per heavy atom. The van der Waals surface area contributed by atoms with E-state index in [1.165, 1.54) is 12.7 Å². The van der Waals surface area contributed by atoms with Gasteiger partial charge in [0.2, 0.25) is 5.88 Å². The SMILES string of the molecule is COc1ncnc(NCC2(OC)CCC2)c1C. The topological polar surface area (TPSA) is 56.3 Å². The fourth-order valence-electron chi connectivity index (χ4n) is 2.09. The Hall–Kier alpha value is -1.36. The van der Waals surface area contributed by atoms with Gasteiger partial charge in [-0.15, -0.1) is 0 Å². The van der Waals surface area contributed by atoms with Crippen LogP contribution in [0.15, 0.2) is 6.33 Å². The van der Waals surface area contributed by atoms with Gasteiger partial charge >= 0.3 is 0 Å². The van der Waals surface area contributed by atoms with Gasteiger partial charge in [0.25, 0.3) is 0 Å². The molecule has 0 spiro atoms. The van der Waals surface area contributed by atoms with Crippen LogP contribution in [0, 0.1) is 6.92 Å². The van der Waals surface area contributed by atoms with Gasteiger partial charge in [-0.05, 0) is 26.2 Å². The summed E-state index contributed by atoms with van der Waals surface area (Å²) in [5.74, 6) is 1.43.